The number of amides is 1. The maximum Gasteiger partial charge on any atom is 0.233 e. The van der Waals surface area contributed by atoms with Gasteiger partial charge in [-0.2, -0.15) is 0 Å². The Hall–Kier alpha value is -1.34. The van der Waals surface area contributed by atoms with E-state index < -0.39 is 0 Å². The Kier molecular flexibility index (Phi) is 4.30. The highest BCUT2D eigenvalue weighted by Gasteiger charge is 2.28. The Morgan fingerprint density at radius 3 is 3.00 bits per heavy atom. The fourth-order valence-electron chi connectivity index (χ4n) is 2.16. The van der Waals surface area contributed by atoms with Crippen molar-refractivity contribution in [2.45, 2.75) is 37.5 Å². The van der Waals surface area contributed by atoms with Crippen LogP contribution in [0.2, 0.25) is 0 Å². The molecule has 0 saturated heterocycles. The van der Waals surface area contributed by atoms with Gasteiger partial charge in [0, 0.05) is 18.0 Å². The Morgan fingerprint density at radius 2 is 2.33 bits per heavy atom. The van der Waals surface area contributed by atoms with Crippen LogP contribution in [0.5, 0.6) is 0 Å². The van der Waals surface area contributed by atoms with Crippen LogP contribution in [0.1, 0.15) is 29.6 Å². The van der Waals surface area contributed by atoms with E-state index in [2.05, 4.69) is 20.8 Å². The summed E-state index contributed by atoms with van der Waals surface area (Å²) in [4.78, 5) is 15.2. The van der Waals surface area contributed by atoms with Crippen LogP contribution in [0.15, 0.2) is 22.7 Å². The minimum Gasteiger partial charge on any atom is -0.340 e. The first-order chi connectivity index (χ1) is 10.1. The highest BCUT2D eigenvalue weighted by Crippen LogP contribution is 2.38. The molecular formula is C14H18N4OS2. The number of aromatic nitrogens is 3. The molecule has 1 aliphatic carbocycles. The van der Waals surface area contributed by atoms with E-state index in [4.69, 9.17) is 0 Å². The van der Waals surface area contributed by atoms with Crippen LogP contribution in [-0.2, 0) is 11.3 Å². The maximum absolute atomic E-state index is 12.2. The molecule has 0 aliphatic heterocycles. The zero-order chi connectivity index (χ0) is 14.8. The molecule has 0 atom stereocenters. The number of thioether (sulfide) groups is 1. The van der Waals surface area contributed by atoms with Crippen molar-refractivity contribution in [3.63, 3.8) is 0 Å². The molecule has 0 radical (unpaired) electrons. The van der Waals surface area contributed by atoms with Gasteiger partial charge in [-0.25, -0.2) is 0 Å². The standard InChI is InChI=1S/C14H18N4OS2/c1-10-15-16-14(18(10)11-5-6-11)21-9-13(19)17(2)8-12-4-3-7-20-12/h3-4,7,11H,5-6,8-9H2,1-2H3. The molecule has 7 heteroatoms. The van der Waals surface area contributed by atoms with E-state index in [0.29, 0.717) is 18.3 Å². The van der Waals surface area contributed by atoms with Gasteiger partial charge < -0.3 is 9.47 Å². The zero-order valence-electron chi connectivity index (χ0n) is 12.2. The van der Waals surface area contributed by atoms with Crippen LogP contribution in [0.3, 0.4) is 0 Å². The second-order valence-corrected chi connectivity index (χ2v) is 7.22. The highest BCUT2D eigenvalue weighted by atomic mass is 32.2. The molecule has 1 saturated carbocycles. The second kappa shape index (κ2) is 6.19. The lowest BCUT2D eigenvalue weighted by atomic mass is 10.4. The lowest BCUT2D eigenvalue weighted by molar-refractivity contribution is -0.127. The largest absolute Gasteiger partial charge is 0.340 e. The quantitative estimate of drug-likeness (QED) is 0.767. The lowest BCUT2D eigenvalue weighted by Crippen LogP contribution is -2.27. The molecule has 0 aromatic carbocycles. The van der Waals surface area contributed by atoms with Crippen molar-refractivity contribution in [3.05, 3.63) is 28.2 Å². The van der Waals surface area contributed by atoms with Crippen molar-refractivity contribution in [3.8, 4) is 0 Å². The first-order valence-electron chi connectivity index (χ1n) is 6.96. The minimum absolute atomic E-state index is 0.122. The molecule has 2 heterocycles. The van der Waals surface area contributed by atoms with Crippen LogP contribution in [0, 0.1) is 6.92 Å². The number of rotatable bonds is 6. The van der Waals surface area contributed by atoms with Gasteiger partial charge in [-0.05, 0) is 31.2 Å². The Labute approximate surface area is 132 Å². The summed E-state index contributed by atoms with van der Waals surface area (Å²) in [5.74, 6) is 1.47. The van der Waals surface area contributed by atoms with E-state index in [1.54, 1.807) is 16.2 Å². The average Bonchev–Trinajstić information content (AvgIpc) is 3.04. The molecule has 2 aromatic heterocycles. The molecule has 0 N–H and O–H groups in total. The second-order valence-electron chi connectivity index (χ2n) is 5.25. The monoisotopic (exact) mass is 322 g/mol. The summed E-state index contributed by atoms with van der Waals surface area (Å²) in [7, 11) is 1.85. The van der Waals surface area contributed by atoms with Crippen LogP contribution in [0.25, 0.3) is 0 Å². The molecule has 1 fully saturated rings. The maximum atomic E-state index is 12.2. The van der Waals surface area contributed by atoms with Gasteiger partial charge in [0.2, 0.25) is 5.91 Å². The van der Waals surface area contributed by atoms with Gasteiger partial charge in [-0.15, -0.1) is 21.5 Å². The Balaban J connectivity index is 1.56. The van der Waals surface area contributed by atoms with Gasteiger partial charge >= 0.3 is 0 Å². The summed E-state index contributed by atoms with van der Waals surface area (Å²) in [5, 5.41) is 11.2. The first-order valence-corrected chi connectivity index (χ1v) is 8.82. The SMILES string of the molecule is Cc1nnc(SCC(=O)N(C)Cc2cccs2)n1C1CC1. The number of carbonyl (C=O) groups excluding carboxylic acids is 1. The summed E-state index contributed by atoms with van der Waals surface area (Å²) in [6, 6.07) is 4.60. The van der Waals surface area contributed by atoms with Gasteiger partial charge in [0.1, 0.15) is 5.82 Å². The van der Waals surface area contributed by atoms with E-state index >= 15 is 0 Å². The van der Waals surface area contributed by atoms with Gasteiger partial charge in [0.15, 0.2) is 5.16 Å². The Bertz CT molecular complexity index is 619. The van der Waals surface area contributed by atoms with Crippen molar-refractivity contribution in [2.75, 3.05) is 12.8 Å². The summed E-state index contributed by atoms with van der Waals surface area (Å²) in [5.41, 5.74) is 0. The van der Waals surface area contributed by atoms with Crippen LogP contribution < -0.4 is 0 Å². The van der Waals surface area contributed by atoms with E-state index in [9.17, 15) is 4.79 Å². The number of aryl methyl sites for hydroxylation is 1. The topological polar surface area (TPSA) is 51.0 Å². The first kappa shape index (κ1) is 14.6. The van der Waals surface area contributed by atoms with Gasteiger partial charge in [-0.3, -0.25) is 4.79 Å². The normalized spacial score (nSPS) is 14.4. The molecule has 2 aromatic rings. The lowest BCUT2D eigenvalue weighted by Gasteiger charge is -2.16. The van der Waals surface area contributed by atoms with Gasteiger partial charge in [0.25, 0.3) is 0 Å². The third kappa shape index (κ3) is 3.47. The molecule has 0 unspecified atom stereocenters. The van der Waals surface area contributed by atoms with Gasteiger partial charge in [0.05, 0.1) is 12.3 Å². The number of hydrogen-bond donors (Lipinski definition) is 0. The minimum atomic E-state index is 0.122. The van der Waals surface area contributed by atoms with Crippen LogP contribution in [0.4, 0.5) is 0 Å². The molecule has 0 spiro atoms. The van der Waals surface area contributed by atoms with E-state index in [1.165, 1.54) is 29.5 Å². The van der Waals surface area contributed by atoms with Crippen molar-refractivity contribution >= 4 is 29.0 Å². The molecular weight excluding hydrogens is 304 g/mol. The third-order valence-electron chi connectivity index (χ3n) is 3.47. The molecule has 21 heavy (non-hydrogen) atoms. The van der Waals surface area contributed by atoms with Crippen molar-refractivity contribution < 1.29 is 4.79 Å². The fraction of sp³-hybridized carbons (Fsp3) is 0.500. The number of carbonyl (C=O) groups is 1. The number of nitrogens with zero attached hydrogens (tertiary/aromatic N) is 4. The van der Waals surface area contributed by atoms with E-state index in [-0.39, 0.29) is 5.91 Å². The zero-order valence-corrected chi connectivity index (χ0v) is 13.8. The van der Waals surface area contributed by atoms with Crippen molar-refractivity contribution in [2.24, 2.45) is 0 Å². The van der Waals surface area contributed by atoms with E-state index in [1.807, 2.05) is 25.4 Å². The average molecular weight is 322 g/mol. The van der Waals surface area contributed by atoms with E-state index in [0.717, 1.165) is 11.0 Å². The van der Waals surface area contributed by atoms with Crippen molar-refractivity contribution in [1.82, 2.24) is 19.7 Å². The molecule has 5 nitrogen and oxygen atoms in total. The predicted octanol–water partition coefficient (Wildman–Crippen LogP) is 2.73. The molecule has 0 bridgehead atoms. The predicted molar refractivity (Wildman–Crippen MR) is 84.5 cm³/mol. The molecule has 1 amide bonds. The Morgan fingerprint density at radius 1 is 1.52 bits per heavy atom. The van der Waals surface area contributed by atoms with Crippen LogP contribution in [-0.4, -0.2) is 38.4 Å². The smallest absolute Gasteiger partial charge is 0.233 e. The number of hydrogen-bond acceptors (Lipinski definition) is 5. The van der Waals surface area contributed by atoms with Crippen LogP contribution >= 0.6 is 23.1 Å². The summed E-state index contributed by atoms with van der Waals surface area (Å²) in [6.45, 7) is 2.64. The summed E-state index contributed by atoms with van der Waals surface area (Å²) >= 11 is 3.16. The fourth-order valence-corrected chi connectivity index (χ4v) is 3.91. The van der Waals surface area contributed by atoms with Crippen molar-refractivity contribution in [1.29, 1.82) is 0 Å². The summed E-state index contributed by atoms with van der Waals surface area (Å²) in [6.07, 6.45) is 2.39. The molecule has 1 aliphatic rings. The molecule has 3 rings (SSSR count). The number of thiophene rings is 1. The third-order valence-corrected chi connectivity index (χ3v) is 5.26. The summed E-state index contributed by atoms with van der Waals surface area (Å²) < 4.78 is 2.16. The molecule has 112 valence electrons. The highest BCUT2D eigenvalue weighted by molar-refractivity contribution is 7.99. The van der Waals surface area contributed by atoms with Gasteiger partial charge in [-0.1, -0.05) is 17.8 Å².